The average molecular weight is 175 g/mol. The Morgan fingerprint density at radius 1 is 1.00 bits per heavy atom. The number of hydrogen-bond donors (Lipinski definition) is 3. The van der Waals surface area contributed by atoms with E-state index >= 15 is 0 Å². The molecule has 3 nitrogen and oxygen atoms in total. The lowest BCUT2D eigenvalue weighted by molar-refractivity contribution is 0.473. The predicted octanol–water partition coefficient (Wildman–Crippen LogP) is 1.83. The van der Waals surface area contributed by atoms with Crippen LogP contribution >= 0.6 is 0 Å². The molecule has 4 N–H and O–H groups in total. The zero-order valence-electron chi connectivity index (χ0n) is 6.86. The Hall–Kier alpha value is -1.90. The smallest absolute Gasteiger partial charge is 0.139 e. The van der Waals surface area contributed by atoms with Crippen molar-refractivity contribution in [3.05, 3.63) is 30.3 Å². The Morgan fingerprint density at radius 2 is 1.77 bits per heavy atom. The SMILES string of the molecule is Nc1cc2cccc(O)c2cc1O. The van der Waals surface area contributed by atoms with Crippen LogP contribution < -0.4 is 5.73 Å². The molecule has 0 bridgehead atoms. The second kappa shape index (κ2) is 2.55. The van der Waals surface area contributed by atoms with Crippen molar-refractivity contribution in [3.63, 3.8) is 0 Å². The fraction of sp³-hybridized carbons (Fsp3) is 0. The number of nitrogen functional groups attached to an aromatic ring is 1. The second-order valence-corrected chi connectivity index (χ2v) is 2.91. The van der Waals surface area contributed by atoms with Crippen molar-refractivity contribution in [1.82, 2.24) is 0 Å². The van der Waals surface area contributed by atoms with Gasteiger partial charge in [-0.1, -0.05) is 12.1 Å². The summed E-state index contributed by atoms with van der Waals surface area (Å²) >= 11 is 0. The first-order valence-electron chi connectivity index (χ1n) is 3.88. The molecule has 3 heteroatoms. The summed E-state index contributed by atoms with van der Waals surface area (Å²) in [6.07, 6.45) is 0. The molecule has 0 spiro atoms. The zero-order valence-corrected chi connectivity index (χ0v) is 6.86. The zero-order chi connectivity index (χ0) is 9.42. The third-order valence-electron chi connectivity index (χ3n) is 2.00. The normalized spacial score (nSPS) is 10.5. The van der Waals surface area contributed by atoms with Gasteiger partial charge < -0.3 is 15.9 Å². The third-order valence-corrected chi connectivity index (χ3v) is 2.00. The molecule has 2 aromatic carbocycles. The average Bonchev–Trinajstić information content (AvgIpc) is 2.09. The molecule has 2 aromatic rings. The van der Waals surface area contributed by atoms with E-state index in [1.807, 2.05) is 6.07 Å². The summed E-state index contributed by atoms with van der Waals surface area (Å²) in [7, 11) is 0. The first kappa shape index (κ1) is 7.73. The highest BCUT2D eigenvalue weighted by Gasteiger charge is 2.03. The van der Waals surface area contributed by atoms with Crippen LogP contribution in [0.15, 0.2) is 30.3 Å². The number of benzene rings is 2. The summed E-state index contributed by atoms with van der Waals surface area (Å²) in [4.78, 5) is 0. The van der Waals surface area contributed by atoms with Crippen LogP contribution in [0.25, 0.3) is 10.8 Å². The maximum absolute atomic E-state index is 9.43. The van der Waals surface area contributed by atoms with Crippen LogP contribution in [0, 0.1) is 0 Å². The number of aromatic hydroxyl groups is 2. The number of fused-ring (bicyclic) bond motifs is 1. The maximum atomic E-state index is 9.43. The number of phenols is 2. The molecule has 0 amide bonds. The minimum absolute atomic E-state index is 0.00556. The molecule has 0 radical (unpaired) electrons. The van der Waals surface area contributed by atoms with Crippen LogP contribution in [-0.2, 0) is 0 Å². The molecule has 13 heavy (non-hydrogen) atoms. The minimum Gasteiger partial charge on any atom is -0.507 e. The van der Waals surface area contributed by atoms with Gasteiger partial charge in [0.2, 0.25) is 0 Å². The molecule has 0 atom stereocenters. The molecule has 0 heterocycles. The lowest BCUT2D eigenvalue weighted by Gasteiger charge is -2.03. The van der Waals surface area contributed by atoms with Gasteiger partial charge in [0.25, 0.3) is 0 Å². The molecule has 66 valence electrons. The van der Waals surface area contributed by atoms with Gasteiger partial charge in [-0.15, -0.1) is 0 Å². The Labute approximate surface area is 75.0 Å². The topological polar surface area (TPSA) is 66.5 Å². The quantitative estimate of drug-likeness (QED) is 0.422. The standard InChI is InChI=1S/C10H9NO2/c11-8-4-6-2-1-3-9(12)7(6)5-10(8)13/h1-5,12-13H,11H2. The van der Waals surface area contributed by atoms with Gasteiger partial charge in [-0.05, 0) is 23.6 Å². The van der Waals surface area contributed by atoms with E-state index < -0.39 is 0 Å². The van der Waals surface area contributed by atoms with Crippen molar-refractivity contribution in [3.8, 4) is 11.5 Å². The van der Waals surface area contributed by atoms with Crippen molar-refractivity contribution >= 4 is 16.5 Å². The van der Waals surface area contributed by atoms with Gasteiger partial charge in [0.1, 0.15) is 11.5 Å². The van der Waals surface area contributed by atoms with Crippen LogP contribution in [0.5, 0.6) is 11.5 Å². The summed E-state index contributed by atoms with van der Waals surface area (Å²) < 4.78 is 0. The first-order chi connectivity index (χ1) is 6.18. The summed E-state index contributed by atoms with van der Waals surface area (Å²) in [6.45, 7) is 0. The summed E-state index contributed by atoms with van der Waals surface area (Å²) in [5.41, 5.74) is 5.82. The Balaban J connectivity index is 2.89. The molecular formula is C10H9NO2. The van der Waals surface area contributed by atoms with Crippen molar-refractivity contribution in [2.45, 2.75) is 0 Å². The lowest BCUT2D eigenvalue weighted by atomic mass is 10.1. The van der Waals surface area contributed by atoms with Crippen molar-refractivity contribution in [2.75, 3.05) is 5.73 Å². The van der Waals surface area contributed by atoms with Crippen molar-refractivity contribution < 1.29 is 10.2 Å². The number of hydrogen-bond acceptors (Lipinski definition) is 3. The fourth-order valence-electron chi connectivity index (χ4n) is 1.32. The highest BCUT2D eigenvalue weighted by molar-refractivity contribution is 5.92. The van der Waals surface area contributed by atoms with Gasteiger partial charge in [-0.3, -0.25) is 0 Å². The van der Waals surface area contributed by atoms with Gasteiger partial charge in [0.15, 0.2) is 0 Å². The minimum atomic E-state index is -0.00556. The van der Waals surface area contributed by atoms with Gasteiger partial charge in [0.05, 0.1) is 5.69 Å². The van der Waals surface area contributed by atoms with Crippen LogP contribution in [-0.4, -0.2) is 10.2 Å². The van der Waals surface area contributed by atoms with Crippen LogP contribution in [0.4, 0.5) is 5.69 Å². The summed E-state index contributed by atoms with van der Waals surface area (Å²) in [5.74, 6) is 0.141. The van der Waals surface area contributed by atoms with Crippen LogP contribution in [0.3, 0.4) is 0 Å². The molecule has 0 unspecified atom stereocenters. The highest BCUT2D eigenvalue weighted by Crippen LogP contribution is 2.31. The molecule has 0 aromatic heterocycles. The summed E-state index contributed by atoms with van der Waals surface area (Å²) in [6, 6.07) is 8.21. The van der Waals surface area contributed by atoms with Crippen LogP contribution in [0.1, 0.15) is 0 Å². The van der Waals surface area contributed by atoms with E-state index in [2.05, 4.69) is 0 Å². The Kier molecular flexibility index (Phi) is 1.52. The number of rotatable bonds is 0. The summed E-state index contributed by atoms with van der Waals surface area (Å²) in [5, 5.41) is 20.2. The van der Waals surface area contributed by atoms with Gasteiger partial charge in [-0.25, -0.2) is 0 Å². The molecule has 0 saturated carbocycles. The fourth-order valence-corrected chi connectivity index (χ4v) is 1.32. The molecule has 0 aliphatic carbocycles. The van der Waals surface area contributed by atoms with E-state index in [0.29, 0.717) is 11.1 Å². The van der Waals surface area contributed by atoms with Gasteiger partial charge in [0, 0.05) is 5.39 Å². The van der Waals surface area contributed by atoms with E-state index in [9.17, 15) is 10.2 Å². The first-order valence-corrected chi connectivity index (χ1v) is 3.88. The Morgan fingerprint density at radius 3 is 2.54 bits per heavy atom. The number of anilines is 1. The van der Waals surface area contributed by atoms with E-state index in [4.69, 9.17) is 5.73 Å². The molecule has 0 aliphatic rings. The van der Waals surface area contributed by atoms with Gasteiger partial charge in [-0.2, -0.15) is 0 Å². The van der Waals surface area contributed by atoms with Crippen LogP contribution in [0.2, 0.25) is 0 Å². The van der Waals surface area contributed by atoms with E-state index in [1.165, 1.54) is 6.07 Å². The van der Waals surface area contributed by atoms with Gasteiger partial charge >= 0.3 is 0 Å². The van der Waals surface area contributed by atoms with Crippen molar-refractivity contribution in [1.29, 1.82) is 0 Å². The third kappa shape index (κ3) is 1.14. The predicted molar refractivity (Wildman–Crippen MR) is 51.7 cm³/mol. The number of phenolic OH excluding ortho intramolecular Hbond substituents is 2. The molecule has 0 saturated heterocycles. The van der Waals surface area contributed by atoms with E-state index in [1.54, 1.807) is 18.2 Å². The Bertz CT molecular complexity index is 466. The highest BCUT2D eigenvalue weighted by atomic mass is 16.3. The largest absolute Gasteiger partial charge is 0.507 e. The van der Waals surface area contributed by atoms with E-state index in [-0.39, 0.29) is 11.5 Å². The maximum Gasteiger partial charge on any atom is 0.139 e. The molecule has 2 rings (SSSR count). The lowest BCUT2D eigenvalue weighted by Crippen LogP contribution is -1.85. The second-order valence-electron chi connectivity index (χ2n) is 2.91. The monoisotopic (exact) mass is 175 g/mol. The molecule has 0 fully saturated rings. The molecular weight excluding hydrogens is 166 g/mol. The van der Waals surface area contributed by atoms with Crippen molar-refractivity contribution in [2.24, 2.45) is 0 Å². The number of nitrogens with two attached hydrogens (primary N) is 1. The molecule has 0 aliphatic heterocycles. The van der Waals surface area contributed by atoms with E-state index in [0.717, 1.165) is 5.39 Å².